The van der Waals surface area contributed by atoms with E-state index >= 15 is 0 Å². The molecular weight excluding hydrogens is 334 g/mol. The zero-order chi connectivity index (χ0) is 16.2. The molecule has 5 nitrogen and oxygen atoms in total. The van der Waals surface area contributed by atoms with Crippen molar-refractivity contribution in [2.24, 2.45) is 0 Å². The fourth-order valence-corrected chi connectivity index (χ4v) is 2.80. The van der Waals surface area contributed by atoms with Crippen molar-refractivity contribution in [3.8, 4) is 11.1 Å². The van der Waals surface area contributed by atoms with Gasteiger partial charge in [0.25, 0.3) is 11.5 Å². The summed E-state index contributed by atoms with van der Waals surface area (Å²) in [5.41, 5.74) is 2.36. The summed E-state index contributed by atoms with van der Waals surface area (Å²) in [5.74, 6) is -0.488. The summed E-state index contributed by atoms with van der Waals surface area (Å²) in [7, 11) is 0. The molecule has 23 heavy (non-hydrogen) atoms. The van der Waals surface area contributed by atoms with Gasteiger partial charge < -0.3 is 5.32 Å². The molecule has 1 amide bonds. The van der Waals surface area contributed by atoms with Gasteiger partial charge in [-0.05, 0) is 28.8 Å². The molecule has 0 saturated carbocycles. The van der Waals surface area contributed by atoms with E-state index in [0.717, 1.165) is 28.4 Å². The van der Waals surface area contributed by atoms with E-state index < -0.39 is 11.5 Å². The monoisotopic (exact) mass is 345 g/mol. The average molecular weight is 346 g/mol. The summed E-state index contributed by atoms with van der Waals surface area (Å²) < 4.78 is 6.16. The van der Waals surface area contributed by atoms with Crippen molar-refractivity contribution in [2.45, 2.75) is 6.54 Å². The molecule has 0 aliphatic heterocycles. The van der Waals surface area contributed by atoms with Crippen LogP contribution in [0.15, 0.2) is 53.3 Å². The van der Waals surface area contributed by atoms with Crippen molar-refractivity contribution in [3.63, 3.8) is 0 Å². The number of halogens is 1. The highest BCUT2D eigenvalue weighted by Gasteiger charge is 2.14. The molecule has 0 unspecified atom stereocenters. The van der Waals surface area contributed by atoms with E-state index in [9.17, 15) is 9.59 Å². The van der Waals surface area contributed by atoms with Gasteiger partial charge in [-0.15, -0.1) is 0 Å². The van der Waals surface area contributed by atoms with Crippen molar-refractivity contribution < 1.29 is 4.79 Å². The summed E-state index contributed by atoms with van der Waals surface area (Å²) in [6.07, 6.45) is 0. The Morgan fingerprint density at radius 2 is 1.91 bits per heavy atom. The number of rotatable bonds is 4. The summed E-state index contributed by atoms with van der Waals surface area (Å²) >= 11 is 6.77. The molecule has 0 bridgehead atoms. The second kappa shape index (κ2) is 6.76. The van der Waals surface area contributed by atoms with Crippen molar-refractivity contribution in [3.05, 3.63) is 75.2 Å². The lowest BCUT2D eigenvalue weighted by Crippen LogP contribution is -2.28. The first-order valence-corrected chi connectivity index (χ1v) is 7.96. The van der Waals surface area contributed by atoms with Gasteiger partial charge in [-0.2, -0.15) is 4.37 Å². The maximum Gasteiger partial charge on any atom is 0.291 e. The molecule has 0 radical (unpaired) electrons. The highest BCUT2D eigenvalue weighted by atomic mass is 35.5. The third-order valence-corrected chi connectivity index (χ3v) is 4.12. The van der Waals surface area contributed by atoms with Gasteiger partial charge in [0.15, 0.2) is 0 Å². The van der Waals surface area contributed by atoms with Crippen LogP contribution in [0.1, 0.15) is 16.1 Å². The zero-order valence-corrected chi connectivity index (χ0v) is 13.4. The van der Waals surface area contributed by atoms with E-state index in [0.29, 0.717) is 11.6 Å². The minimum atomic E-state index is -0.488. The molecular formula is C16H12ClN3O2S. The highest BCUT2D eigenvalue weighted by Crippen LogP contribution is 2.25. The molecule has 2 aromatic carbocycles. The molecule has 3 aromatic rings. The molecule has 3 rings (SSSR count). The van der Waals surface area contributed by atoms with Crippen LogP contribution in [0.25, 0.3) is 11.1 Å². The van der Waals surface area contributed by atoms with Gasteiger partial charge in [0.1, 0.15) is 0 Å². The fourth-order valence-electron chi connectivity index (χ4n) is 2.19. The first-order chi connectivity index (χ1) is 11.1. The van der Waals surface area contributed by atoms with Crippen LogP contribution in [0, 0.1) is 0 Å². The van der Waals surface area contributed by atoms with Crippen LogP contribution >= 0.6 is 23.3 Å². The first kappa shape index (κ1) is 15.5. The van der Waals surface area contributed by atoms with Gasteiger partial charge in [0.05, 0.1) is 0 Å². The smallest absolute Gasteiger partial charge is 0.291 e. The fraction of sp³-hybridized carbons (Fsp3) is 0.0625. The molecule has 0 fully saturated rings. The van der Waals surface area contributed by atoms with Crippen LogP contribution < -0.4 is 10.9 Å². The van der Waals surface area contributed by atoms with Crippen molar-refractivity contribution >= 4 is 29.2 Å². The minimum Gasteiger partial charge on any atom is -0.346 e. The molecule has 0 aliphatic rings. The number of nitrogens with zero attached hydrogens (tertiary/aromatic N) is 1. The summed E-state index contributed by atoms with van der Waals surface area (Å²) in [4.78, 5) is 23.4. The Bertz CT molecular complexity index is 887. The van der Waals surface area contributed by atoms with Gasteiger partial charge in [0.2, 0.25) is 5.69 Å². The SMILES string of the molecule is O=C(NCc1ccccc1-c1ccc(Cl)cc1)c1ns[nH]c1=O. The molecule has 0 aliphatic carbocycles. The third-order valence-electron chi connectivity index (χ3n) is 3.32. The van der Waals surface area contributed by atoms with Gasteiger partial charge in [-0.3, -0.25) is 14.0 Å². The van der Waals surface area contributed by atoms with Gasteiger partial charge in [0, 0.05) is 23.3 Å². The second-order valence-electron chi connectivity index (χ2n) is 4.81. The lowest BCUT2D eigenvalue weighted by atomic mass is 10.00. The summed E-state index contributed by atoms with van der Waals surface area (Å²) in [6.45, 7) is 0.300. The Balaban J connectivity index is 1.81. The quantitative estimate of drug-likeness (QED) is 0.763. The number of carbonyl (C=O) groups excluding carboxylic acids is 1. The van der Waals surface area contributed by atoms with Crippen molar-refractivity contribution in [1.82, 2.24) is 14.1 Å². The molecule has 1 aromatic heterocycles. The lowest BCUT2D eigenvalue weighted by molar-refractivity contribution is 0.0945. The molecule has 116 valence electrons. The van der Waals surface area contributed by atoms with Crippen LogP contribution in [0.4, 0.5) is 0 Å². The standard InChI is InChI=1S/C16H12ClN3O2S/c17-12-7-5-10(6-8-12)13-4-2-1-3-11(13)9-18-15(21)14-16(22)20-23-19-14/h1-8H,9H2,(H,18,21)(H,20,22). The number of H-pyrrole nitrogens is 1. The number of hydrogen-bond acceptors (Lipinski definition) is 4. The van der Waals surface area contributed by atoms with Crippen LogP contribution in [0.2, 0.25) is 5.02 Å². The van der Waals surface area contributed by atoms with Crippen LogP contribution in [-0.4, -0.2) is 14.7 Å². The molecule has 1 heterocycles. The molecule has 2 N–H and O–H groups in total. The topological polar surface area (TPSA) is 74.8 Å². The third kappa shape index (κ3) is 3.49. The van der Waals surface area contributed by atoms with E-state index in [2.05, 4.69) is 14.1 Å². The van der Waals surface area contributed by atoms with E-state index in [1.165, 1.54) is 0 Å². The predicted octanol–water partition coefficient (Wildman–Crippen LogP) is 3.08. The second-order valence-corrected chi connectivity index (χ2v) is 5.81. The van der Waals surface area contributed by atoms with E-state index in [4.69, 9.17) is 11.6 Å². The number of benzene rings is 2. The Kier molecular flexibility index (Phi) is 4.55. The Labute approximate surface area is 141 Å². The zero-order valence-electron chi connectivity index (χ0n) is 11.9. The highest BCUT2D eigenvalue weighted by molar-refractivity contribution is 6.99. The molecule has 0 spiro atoms. The van der Waals surface area contributed by atoms with Gasteiger partial charge in [-0.25, -0.2) is 0 Å². The number of carbonyl (C=O) groups is 1. The lowest BCUT2D eigenvalue weighted by Gasteiger charge is -2.10. The van der Waals surface area contributed by atoms with Crippen molar-refractivity contribution in [1.29, 1.82) is 0 Å². The van der Waals surface area contributed by atoms with Crippen LogP contribution in [0.5, 0.6) is 0 Å². The van der Waals surface area contributed by atoms with Gasteiger partial charge >= 0.3 is 0 Å². The normalized spacial score (nSPS) is 10.5. The number of nitrogens with one attached hydrogen (secondary N) is 2. The molecule has 0 atom stereocenters. The maximum absolute atomic E-state index is 12.0. The number of hydrogen-bond donors (Lipinski definition) is 2. The first-order valence-electron chi connectivity index (χ1n) is 6.81. The Hall–Kier alpha value is -2.44. The number of amides is 1. The maximum atomic E-state index is 12.0. The largest absolute Gasteiger partial charge is 0.346 e. The summed E-state index contributed by atoms with van der Waals surface area (Å²) in [5, 5.41) is 3.39. The van der Waals surface area contributed by atoms with E-state index in [1.807, 2.05) is 48.5 Å². The van der Waals surface area contributed by atoms with Crippen molar-refractivity contribution in [2.75, 3.05) is 0 Å². The number of aromatic amines is 1. The van der Waals surface area contributed by atoms with E-state index in [1.54, 1.807) is 0 Å². The molecule has 7 heteroatoms. The molecule has 0 saturated heterocycles. The summed E-state index contributed by atoms with van der Waals surface area (Å²) in [6, 6.07) is 15.2. The Morgan fingerprint density at radius 3 is 2.61 bits per heavy atom. The average Bonchev–Trinajstić information content (AvgIpc) is 3.00. The van der Waals surface area contributed by atoms with Crippen LogP contribution in [0.3, 0.4) is 0 Å². The van der Waals surface area contributed by atoms with Crippen LogP contribution in [-0.2, 0) is 6.54 Å². The number of aromatic nitrogens is 2. The Morgan fingerprint density at radius 1 is 1.17 bits per heavy atom. The van der Waals surface area contributed by atoms with E-state index in [-0.39, 0.29) is 5.69 Å². The van der Waals surface area contributed by atoms with Gasteiger partial charge in [-0.1, -0.05) is 48.0 Å². The predicted molar refractivity (Wildman–Crippen MR) is 90.8 cm³/mol. The minimum absolute atomic E-state index is 0.112.